The molecule has 0 spiro atoms. The number of rotatable bonds is 4. The fourth-order valence-electron chi connectivity index (χ4n) is 2.45. The second-order valence-electron chi connectivity index (χ2n) is 4.47. The molecule has 0 bridgehead atoms. The lowest BCUT2D eigenvalue weighted by Gasteiger charge is -2.35. The number of nitrogens with two attached hydrogens (primary N) is 1. The number of carboxylic acids is 1. The van der Waals surface area contributed by atoms with Gasteiger partial charge < -0.3 is 15.7 Å². The van der Waals surface area contributed by atoms with Gasteiger partial charge in [-0.1, -0.05) is 13.3 Å². The van der Waals surface area contributed by atoms with Crippen molar-refractivity contribution < 1.29 is 14.7 Å². The maximum absolute atomic E-state index is 11.9. The molecular weight excluding hydrogens is 208 g/mol. The summed E-state index contributed by atoms with van der Waals surface area (Å²) in [7, 11) is 0. The van der Waals surface area contributed by atoms with E-state index in [2.05, 4.69) is 0 Å². The van der Waals surface area contributed by atoms with Crippen molar-refractivity contribution in [3.8, 4) is 0 Å². The number of aliphatic carboxylic acids is 1. The second kappa shape index (κ2) is 4.82. The summed E-state index contributed by atoms with van der Waals surface area (Å²) in [5.41, 5.74) is 4.53. The molecular formula is C11H20N2O3. The van der Waals surface area contributed by atoms with Crippen molar-refractivity contribution in [1.29, 1.82) is 0 Å². The predicted octanol–water partition coefficient (Wildman–Crippen LogP) is 0.580. The van der Waals surface area contributed by atoms with Crippen molar-refractivity contribution in [2.75, 3.05) is 6.54 Å². The second-order valence-corrected chi connectivity index (χ2v) is 4.47. The van der Waals surface area contributed by atoms with Crippen molar-refractivity contribution in [2.45, 2.75) is 51.1 Å². The van der Waals surface area contributed by atoms with Gasteiger partial charge >= 0.3 is 5.97 Å². The lowest BCUT2D eigenvalue weighted by Crippen LogP contribution is -2.56. The van der Waals surface area contributed by atoms with Gasteiger partial charge in [-0.2, -0.15) is 0 Å². The molecule has 0 aromatic heterocycles. The highest BCUT2D eigenvalue weighted by molar-refractivity contribution is 5.90. The van der Waals surface area contributed by atoms with Gasteiger partial charge in [0.05, 0.1) is 6.04 Å². The van der Waals surface area contributed by atoms with Crippen molar-refractivity contribution in [3.05, 3.63) is 0 Å². The van der Waals surface area contributed by atoms with E-state index in [0.717, 1.165) is 12.8 Å². The Bertz CT molecular complexity index is 291. The zero-order valence-electron chi connectivity index (χ0n) is 9.90. The number of nitrogens with zero attached hydrogens (tertiary/aromatic N) is 1. The van der Waals surface area contributed by atoms with Crippen LogP contribution in [0.25, 0.3) is 0 Å². The normalized spacial score (nSPS) is 26.8. The van der Waals surface area contributed by atoms with E-state index in [9.17, 15) is 14.7 Å². The molecule has 5 nitrogen and oxygen atoms in total. The van der Waals surface area contributed by atoms with Gasteiger partial charge in [0, 0.05) is 6.54 Å². The number of amides is 1. The first-order chi connectivity index (χ1) is 7.45. The first-order valence-electron chi connectivity index (χ1n) is 5.76. The van der Waals surface area contributed by atoms with Crippen molar-refractivity contribution in [1.82, 2.24) is 4.90 Å². The quantitative estimate of drug-likeness (QED) is 0.737. The molecule has 0 aliphatic carbocycles. The molecule has 2 atom stereocenters. The topological polar surface area (TPSA) is 83.6 Å². The van der Waals surface area contributed by atoms with Crippen LogP contribution in [0.15, 0.2) is 0 Å². The molecule has 0 saturated carbocycles. The maximum atomic E-state index is 11.9. The number of hydrogen-bond acceptors (Lipinski definition) is 3. The Balaban J connectivity index is 2.98. The number of hydrogen-bond donors (Lipinski definition) is 2. The Morgan fingerprint density at radius 1 is 1.56 bits per heavy atom. The minimum absolute atomic E-state index is 0.256. The van der Waals surface area contributed by atoms with Crippen LogP contribution in [-0.2, 0) is 9.59 Å². The van der Waals surface area contributed by atoms with E-state index >= 15 is 0 Å². The summed E-state index contributed by atoms with van der Waals surface area (Å²) >= 11 is 0. The minimum Gasteiger partial charge on any atom is -0.479 e. The zero-order chi connectivity index (χ0) is 12.3. The van der Waals surface area contributed by atoms with E-state index in [1.54, 1.807) is 6.92 Å². The van der Waals surface area contributed by atoms with Crippen LogP contribution < -0.4 is 5.73 Å². The Morgan fingerprint density at radius 3 is 2.62 bits per heavy atom. The van der Waals surface area contributed by atoms with Crippen LogP contribution in [-0.4, -0.2) is 40.0 Å². The van der Waals surface area contributed by atoms with E-state index in [1.807, 2.05) is 6.92 Å². The van der Waals surface area contributed by atoms with Crippen molar-refractivity contribution in [2.24, 2.45) is 5.73 Å². The molecule has 1 saturated heterocycles. The lowest BCUT2D eigenvalue weighted by molar-refractivity contribution is -0.157. The summed E-state index contributed by atoms with van der Waals surface area (Å²) in [5.74, 6) is -1.16. The Labute approximate surface area is 95.6 Å². The molecule has 1 rings (SSSR count). The minimum atomic E-state index is -1.01. The predicted molar refractivity (Wildman–Crippen MR) is 59.9 cm³/mol. The third kappa shape index (κ3) is 2.04. The van der Waals surface area contributed by atoms with Gasteiger partial charge in [0.25, 0.3) is 0 Å². The highest BCUT2D eigenvalue weighted by Gasteiger charge is 2.49. The third-order valence-corrected chi connectivity index (χ3v) is 3.21. The van der Waals surface area contributed by atoms with Crippen LogP contribution in [0, 0.1) is 0 Å². The lowest BCUT2D eigenvalue weighted by atomic mass is 9.90. The maximum Gasteiger partial charge on any atom is 0.329 e. The molecule has 1 heterocycles. The average Bonchev–Trinajstić information content (AvgIpc) is 2.62. The number of likely N-dealkylation sites (tertiary alicyclic amines) is 1. The molecule has 92 valence electrons. The van der Waals surface area contributed by atoms with Gasteiger partial charge in [0.15, 0.2) is 0 Å². The Hall–Kier alpha value is -1.10. The summed E-state index contributed by atoms with van der Waals surface area (Å²) in [6.07, 6.45) is 2.52. The van der Waals surface area contributed by atoms with E-state index in [-0.39, 0.29) is 5.91 Å². The van der Waals surface area contributed by atoms with Gasteiger partial charge in [-0.3, -0.25) is 4.79 Å². The number of carbonyl (C=O) groups excluding carboxylic acids is 1. The standard InChI is InChI=1S/C11H20N2O3/c1-3-5-11(10(15)16)6-4-7-13(11)9(14)8(2)12/h8H,3-7,12H2,1-2H3,(H,15,16). The van der Waals surface area contributed by atoms with Crippen LogP contribution in [0.1, 0.15) is 39.5 Å². The molecule has 16 heavy (non-hydrogen) atoms. The summed E-state index contributed by atoms with van der Waals surface area (Å²) in [4.78, 5) is 24.8. The SMILES string of the molecule is CCCC1(C(=O)O)CCCN1C(=O)C(C)N. The van der Waals surface area contributed by atoms with Crippen LogP contribution >= 0.6 is 0 Å². The van der Waals surface area contributed by atoms with Crippen LogP contribution in [0.3, 0.4) is 0 Å². The molecule has 1 amide bonds. The summed E-state index contributed by atoms with van der Waals surface area (Å²) < 4.78 is 0. The Kier molecular flexibility index (Phi) is 3.91. The molecule has 0 aromatic carbocycles. The van der Waals surface area contributed by atoms with Gasteiger partial charge in [0.1, 0.15) is 5.54 Å². The highest BCUT2D eigenvalue weighted by atomic mass is 16.4. The molecule has 5 heteroatoms. The van der Waals surface area contributed by atoms with Gasteiger partial charge in [0.2, 0.25) is 5.91 Å². The number of carboxylic acid groups (broad SMARTS) is 1. The molecule has 0 aromatic rings. The molecule has 1 fully saturated rings. The van der Waals surface area contributed by atoms with Crippen LogP contribution in [0.5, 0.6) is 0 Å². The van der Waals surface area contributed by atoms with E-state index in [0.29, 0.717) is 19.4 Å². The third-order valence-electron chi connectivity index (χ3n) is 3.21. The van der Waals surface area contributed by atoms with E-state index in [1.165, 1.54) is 4.90 Å². The van der Waals surface area contributed by atoms with E-state index < -0.39 is 17.6 Å². The number of carbonyl (C=O) groups is 2. The fraction of sp³-hybridized carbons (Fsp3) is 0.818. The van der Waals surface area contributed by atoms with Crippen LogP contribution in [0.2, 0.25) is 0 Å². The van der Waals surface area contributed by atoms with Gasteiger partial charge in [-0.05, 0) is 26.2 Å². The molecule has 1 aliphatic heterocycles. The van der Waals surface area contributed by atoms with Crippen molar-refractivity contribution in [3.63, 3.8) is 0 Å². The summed E-state index contributed by atoms with van der Waals surface area (Å²) in [5, 5.41) is 9.36. The molecule has 1 aliphatic rings. The monoisotopic (exact) mass is 228 g/mol. The van der Waals surface area contributed by atoms with Crippen molar-refractivity contribution >= 4 is 11.9 Å². The summed E-state index contributed by atoms with van der Waals surface area (Å²) in [6.45, 7) is 4.03. The molecule has 3 N–H and O–H groups in total. The highest BCUT2D eigenvalue weighted by Crippen LogP contribution is 2.34. The summed E-state index contributed by atoms with van der Waals surface area (Å²) in [6, 6.07) is -0.631. The largest absolute Gasteiger partial charge is 0.479 e. The molecule has 2 unspecified atom stereocenters. The van der Waals surface area contributed by atoms with Crippen LogP contribution in [0.4, 0.5) is 0 Å². The fourth-order valence-corrected chi connectivity index (χ4v) is 2.45. The van der Waals surface area contributed by atoms with E-state index in [4.69, 9.17) is 5.73 Å². The Morgan fingerprint density at radius 2 is 2.19 bits per heavy atom. The zero-order valence-corrected chi connectivity index (χ0v) is 9.90. The average molecular weight is 228 g/mol. The van der Waals surface area contributed by atoms with Gasteiger partial charge in [-0.15, -0.1) is 0 Å². The van der Waals surface area contributed by atoms with Gasteiger partial charge in [-0.25, -0.2) is 4.79 Å². The molecule has 0 radical (unpaired) electrons. The smallest absolute Gasteiger partial charge is 0.329 e. The first-order valence-corrected chi connectivity index (χ1v) is 5.76. The first kappa shape index (κ1) is 13.0.